The first-order valence-corrected chi connectivity index (χ1v) is 4.46. The average molecular weight is 180 g/mol. The molecule has 0 aliphatic rings. The van der Waals surface area contributed by atoms with Crippen LogP contribution in [0.4, 0.5) is 0 Å². The van der Waals surface area contributed by atoms with Gasteiger partial charge < -0.3 is 9.84 Å². The summed E-state index contributed by atoms with van der Waals surface area (Å²) < 4.78 is 5.32. The predicted octanol–water partition coefficient (Wildman–Crippen LogP) is 1.98. The lowest BCUT2D eigenvalue weighted by Gasteiger charge is -2.09. The van der Waals surface area contributed by atoms with Crippen molar-refractivity contribution < 1.29 is 9.84 Å². The zero-order chi connectivity index (χ0) is 9.84. The second-order valence-corrected chi connectivity index (χ2v) is 3.25. The standard InChI is InChI=1S/C11H16O2/c1-8-6-11(13-5-4-12)7-9(2)10(8)3/h6-7,12H,4-5H2,1-3H3. The van der Waals surface area contributed by atoms with E-state index in [9.17, 15) is 0 Å². The van der Waals surface area contributed by atoms with E-state index in [-0.39, 0.29) is 6.61 Å². The van der Waals surface area contributed by atoms with Gasteiger partial charge in [-0.25, -0.2) is 0 Å². The Morgan fingerprint density at radius 1 is 1.15 bits per heavy atom. The first-order valence-electron chi connectivity index (χ1n) is 4.46. The van der Waals surface area contributed by atoms with Gasteiger partial charge in [-0.05, 0) is 49.6 Å². The maximum Gasteiger partial charge on any atom is 0.119 e. The Morgan fingerprint density at radius 2 is 1.69 bits per heavy atom. The molecule has 72 valence electrons. The van der Waals surface area contributed by atoms with Gasteiger partial charge in [0.2, 0.25) is 0 Å². The number of hydrogen-bond donors (Lipinski definition) is 1. The molecular formula is C11H16O2. The Morgan fingerprint density at radius 3 is 2.15 bits per heavy atom. The third-order valence-corrected chi connectivity index (χ3v) is 2.26. The molecule has 2 nitrogen and oxygen atoms in total. The minimum atomic E-state index is 0.0615. The summed E-state index contributed by atoms with van der Waals surface area (Å²) in [5.74, 6) is 0.842. The van der Waals surface area contributed by atoms with Crippen molar-refractivity contribution >= 4 is 0 Å². The second kappa shape index (κ2) is 4.28. The number of ether oxygens (including phenoxy) is 1. The van der Waals surface area contributed by atoms with E-state index in [0.717, 1.165) is 5.75 Å². The van der Waals surface area contributed by atoms with E-state index in [1.807, 2.05) is 12.1 Å². The van der Waals surface area contributed by atoms with Gasteiger partial charge in [-0.3, -0.25) is 0 Å². The fraction of sp³-hybridized carbons (Fsp3) is 0.455. The molecule has 0 saturated heterocycles. The van der Waals surface area contributed by atoms with Crippen LogP contribution in [0.5, 0.6) is 5.75 Å². The van der Waals surface area contributed by atoms with Crippen molar-refractivity contribution in [2.45, 2.75) is 20.8 Å². The van der Waals surface area contributed by atoms with Crippen LogP contribution in [0.15, 0.2) is 12.1 Å². The normalized spacial score (nSPS) is 10.2. The number of hydrogen-bond acceptors (Lipinski definition) is 2. The molecule has 1 rings (SSSR count). The van der Waals surface area contributed by atoms with Gasteiger partial charge in [-0.15, -0.1) is 0 Å². The molecule has 1 N–H and O–H groups in total. The lowest BCUT2D eigenvalue weighted by Crippen LogP contribution is -2.02. The average Bonchev–Trinajstić information content (AvgIpc) is 2.10. The highest BCUT2D eigenvalue weighted by Gasteiger charge is 2.00. The molecule has 0 radical (unpaired) electrons. The third-order valence-electron chi connectivity index (χ3n) is 2.26. The molecule has 0 fully saturated rings. The zero-order valence-corrected chi connectivity index (χ0v) is 8.42. The molecule has 0 spiro atoms. The smallest absolute Gasteiger partial charge is 0.119 e. The summed E-state index contributed by atoms with van der Waals surface area (Å²) >= 11 is 0. The van der Waals surface area contributed by atoms with E-state index in [2.05, 4.69) is 20.8 Å². The largest absolute Gasteiger partial charge is 0.491 e. The van der Waals surface area contributed by atoms with Gasteiger partial charge >= 0.3 is 0 Å². The number of aryl methyl sites for hydroxylation is 2. The topological polar surface area (TPSA) is 29.5 Å². The summed E-state index contributed by atoms with van der Waals surface area (Å²) in [6.45, 7) is 6.65. The van der Waals surface area contributed by atoms with E-state index >= 15 is 0 Å². The number of aliphatic hydroxyl groups excluding tert-OH is 1. The summed E-state index contributed by atoms with van der Waals surface area (Å²) in [6, 6.07) is 4.00. The van der Waals surface area contributed by atoms with Crippen molar-refractivity contribution in [1.82, 2.24) is 0 Å². The van der Waals surface area contributed by atoms with Gasteiger partial charge in [-0.2, -0.15) is 0 Å². The van der Waals surface area contributed by atoms with Gasteiger partial charge in [-0.1, -0.05) is 0 Å². The Balaban J connectivity index is 2.86. The van der Waals surface area contributed by atoms with Crippen LogP contribution in [0, 0.1) is 20.8 Å². The number of rotatable bonds is 3. The lowest BCUT2D eigenvalue weighted by atomic mass is 10.0. The van der Waals surface area contributed by atoms with Crippen LogP contribution in [-0.2, 0) is 0 Å². The molecule has 0 aliphatic heterocycles. The Bertz CT molecular complexity index is 269. The highest BCUT2D eigenvalue weighted by Crippen LogP contribution is 2.20. The van der Waals surface area contributed by atoms with Crippen molar-refractivity contribution in [3.8, 4) is 5.75 Å². The van der Waals surface area contributed by atoms with Crippen molar-refractivity contribution in [3.63, 3.8) is 0 Å². The summed E-state index contributed by atoms with van der Waals surface area (Å²) in [5.41, 5.74) is 3.76. The zero-order valence-electron chi connectivity index (χ0n) is 8.42. The Labute approximate surface area is 79.2 Å². The summed E-state index contributed by atoms with van der Waals surface area (Å²) in [7, 11) is 0. The van der Waals surface area contributed by atoms with E-state index < -0.39 is 0 Å². The molecule has 0 heterocycles. The summed E-state index contributed by atoms with van der Waals surface area (Å²) in [5, 5.41) is 8.60. The second-order valence-electron chi connectivity index (χ2n) is 3.25. The molecule has 1 aromatic carbocycles. The highest BCUT2D eigenvalue weighted by atomic mass is 16.5. The summed E-state index contributed by atoms with van der Waals surface area (Å²) in [6.07, 6.45) is 0. The van der Waals surface area contributed by atoms with Crippen LogP contribution in [-0.4, -0.2) is 18.3 Å². The molecule has 0 bridgehead atoms. The van der Waals surface area contributed by atoms with Gasteiger partial charge in [0.25, 0.3) is 0 Å². The first-order chi connectivity index (χ1) is 6.15. The van der Waals surface area contributed by atoms with Crippen LogP contribution in [0.25, 0.3) is 0 Å². The molecule has 2 heteroatoms. The summed E-state index contributed by atoms with van der Waals surface area (Å²) in [4.78, 5) is 0. The van der Waals surface area contributed by atoms with E-state index in [4.69, 9.17) is 9.84 Å². The molecule has 0 unspecified atom stereocenters. The molecule has 0 atom stereocenters. The minimum Gasteiger partial charge on any atom is -0.491 e. The minimum absolute atomic E-state index is 0.0615. The van der Waals surface area contributed by atoms with Crippen molar-refractivity contribution in [2.75, 3.05) is 13.2 Å². The van der Waals surface area contributed by atoms with E-state index in [1.54, 1.807) is 0 Å². The number of benzene rings is 1. The van der Waals surface area contributed by atoms with E-state index in [0.29, 0.717) is 6.61 Å². The van der Waals surface area contributed by atoms with Gasteiger partial charge in [0.05, 0.1) is 6.61 Å². The third kappa shape index (κ3) is 2.46. The van der Waals surface area contributed by atoms with Crippen molar-refractivity contribution in [3.05, 3.63) is 28.8 Å². The molecule has 0 amide bonds. The van der Waals surface area contributed by atoms with E-state index in [1.165, 1.54) is 16.7 Å². The quantitative estimate of drug-likeness (QED) is 0.770. The molecule has 0 aromatic heterocycles. The van der Waals surface area contributed by atoms with Crippen molar-refractivity contribution in [2.24, 2.45) is 0 Å². The molecule has 0 saturated carbocycles. The van der Waals surface area contributed by atoms with Crippen LogP contribution in [0.2, 0.25) is 0 Å². The fourth-order valence-corrected chi connectivity index (χ4v) is 1.24. The Hall–Kier alpha value is -1.02. The van der Waals surface area contributed by atoms with Gasteiger partial charge in [0.15, 0.2) is 0 Å². The van der Waals surface area contributed by atoms with Gasteiger partial charge in [0.1, 0.15) is 12.4 Å². The first kappa shape index (κ1) is 10.1. The number of aliphatic hydroxyl groups is 1. The fourth-order valence-electron chi connectivity index (χ4n) is 1.24. The Kier molecular flexibility index (Phi) is 3.32. The predicted molar refractivity (Wildman–Crippen MR) is 53.2 cm³/mol. The SMILES string of the molecule is Cc1cc(OCCO)cc(C)c1C. The highest BCUT2D eigenvalue weighted by molar-refractivity contribution is 5.40. The van der Waals surface area contributed by atoms with Crippen LogP contribution in [0.3, 0.4) is 0 Å². The van der Waals surface area contributed by atoms with Crippen LogP contribution in [0.1, 0.15) is 16.7 Å². The maximum absolute atomic E-state index is 8.60. The monoisotopic (exact) mass is 180 g/mol. The molecule has 1 aromatic rings. The lowest BCUT2D eigenvalue weighted by molar-refractivity contribution is 0.201. The van der Waals surface area contributed by atoms with Crippen LogP contribution < -0.4 is 4.74 Å². The van der Waals surface area contributed by atoms with Gasteiger partial charge in [0, 0.05) is 0 Å². The van der Waals surface area contributed by atoms with Crippen molar-refractivity contribution in [1.29, 1.82) is 0 Å². The molecular weight excluding hydrogens is 164 g/mol. The molecule has 13 heavy (non-hydrogen) atoms. The van der Waals surface area contributed by atoms with Crippen LogP contribution >= 0.6 is 0 Å². The maximum atomic E-state index is 8.60. The molecule has 0 aliphatic carbocycles.